The molecule has 1 heterocycles. The molecule has 0 saturated heterocycles. The zero-order chi connectivity index (χ0) is 15.4. The van der Waals surface area contributed by atoms with Gasteiger partial charge in [-0.25, -0.2) is 0 Å². The van der Waals surface area contributed by atoms with Crippen LogP contribution in [0, 0.1) is 0 Å². The lowest BCUT2D eigenvalue weighted by atomic mass is 9.94. The van der Waals surface area contributed by atoms with Crippen LogP contribution >= 0.6 is 23.5 Å². The molecule has 21 heavy (non-hydrogen) atoms. The number of nitrogens with zero attached hydrogens (tertiary/aromatic N) is 3. The van der Waals surface area contributed by atoms with Crippen LogP contribution in [0.5, 0.6) is 0 Å². The highest BCUT2D eigenvalue weighted by Gasteiger charge is 2.28. The largest absolute Gasteiger partial charge is 0.481 e. The summed E-state index contributed by atoms with van der Waals surface area (Å²) in [6.07, 6.45) is 6.92. The second-order valence-corrected chi connectivity index (χ2v) is 7.81. The van der Waals surface area contributed by atoms with Gasteiger partial charge in [-0.1, -0.05) is 32.0 Å². The van der Waals surface area contributed by atoms with Crippen LogP contribution in [0.2, 0.25) is 0 Å². The Morgan fingerprint density at radius 3 is 2.81 bits per heavy atom. The van der Waals surface area contributed by atoms with E-state index in [1.807, 2.05) is 11.8 Å². The van der Waals surface area contributed by atoms with Crippen LogP contribution in [0.4, 0.5) is 0 Å². The maximum Gasteiger partial charge on any atom is 0.313 e. The normalized spacial score (nSPS) is 22.7. The Labute approximate surface area is 134 Å². The van der Waals surface area contributed by atoms with E-state index >= 15 is 0 Å². The average molecular weight is 329 g/mol. The second kappa shape index (κ2) is 7.54. The van der Waals surface area contributed by atoms with Crippen LogP contribution in [0.15, 0.2) is 5.16 Å². The predicted molar refractivity (Wildman–Crippen MR) is 87.3 cm³/mol. The molecule has 7 heteroatoms. The third-order valence-electron chi connectivity index (χ3n) is 3.83. The molecule has 0 radical (unpaired) electrons. The van der Waals surface area contributed by atoms with Crippen molar-refractivity contribution >= 4 is 29.5 Å². The zero-order valence-electron chi connectivity index (χ0n) is 12.8. The van der Waals surface area contributed by atoms with E-state index in [4.69, 9.17) is 5.11 Å². The van der Waals surface area contributed by atoms with Gasteiger partial charge in [0.15, 0.2) is 5.16 Å². The number of aromatic nitrogens is 3. The van der Waals surface area contributed by atoms with Gasteiger partial charge in [0.05, 0.1) is 5.75 Å². The minimum atomic E-state index is -0.814. The molecule has 0 amide bonds. The molecule has 2 atom stereocenters. The van der Waals surface area contributed by atoms with Crippen molar-refractivity contribution in [1.82, 2.24) is 14.8 Å². The lowest BCUT2D eigenvalue weighted by Crippen LogP contribution is -2.23. The van der Waals surface area contributed by atoms with Crippen LogP contribution in [0.3, 0.4) is 0 Å². The molecular formula is C14H23N3O2S2. The van der Waals surface area contributed by atoms with Gasteiger partial charge in [-0.15, -0.1) is 10.2 Å². The molecule has 0 aliphatic heterocycles. The van der Waals surface area contributed by atoms with E-state index in [9.17, 15) is 4.79 Å². The van der Waals surface area contributed by atoms with Gasteiger partial charge in [0.2, 0.25) is 0 Å². The maximum atomic E-state index is 10.8. The molecule has 1 aliphatic rings. The van der Waals surface area contributed by atoms with E-state index in [0.717, 1.165) is 23.8 Å². The number of aliphatic carboxylic acids is 1. The van der Waals surface area contributed by atoms with Gasteiger partial charge >= 0.3 is 5.97 Å². The molecule has 0 bridgehead atoms. The SMILES string of the molecule is CSC1CCCC(n2c(SCC(=O)O)nnc2C(C)C)C1. The molecule has 1 saturated carbocycles. The average Bonchev–Trinajstić information content (AvgIpc) is 2.89. The van der Waals surface area contributed by atoms with Gasteiger partial charge in [0.1, 0.15) is 5.82 Å². The molecule has 0 spiro atoms. The van der Waals surface area contributed by atoms with Crippen molar-refractivity contribution in [3.63, 3.8) is 0 Å². The monoisotopic (exact) mass is 329 g/mol. The highest BCUT2D eigenvalue weighted by Crippen LogP contribution is 2.37. The number of thioether (sulfide) groups is 2. The van der Waals surface area contributed by atoms with Crippen LogP contribution in [0.1, 0.15) is 57.3 Å². The fraction of sp³-hybridized carbons (Fsp3) is 0.786. The predicted octanol–water partition coefficient (Wildman–Crippen LogP) is 3.42. The molecule has 1 aromatic heterocycles. The van der Waals surface area contributed by atoms with E-state index in [2.05, 4.69) is 34.9 Å². The summed E-state index contributed by atoms with van der Waals surface area (Å²) in [5, 5.41) is 18.9. The summed E-state index contributed by atoms with van der Waals surface area (Å²) in [6, 6.07) is 0.403. The minimum absolute atomic E-state index is 0.0366. The highest BCUT2D eigenvalue weighted by atomic mass is 32.2. The number of carbonyl (C=O) groups is 1. The summed E-state index contributed by atoms with van der Waals surface area (Å²) >= 11 is 3.21. The van der Waals surface area contributed by atoms with Gasteiger partial charge in [-0.05, 0) is 25.5 Å². The third-order valence-corrected chi connectivity index (χ3v) is 5.85. The quantitative estimate of drug-likeness (QED) is 0.807. The Morgan fingerprint density at radius 1 is 1.43 bits per heavy atom. The van der Waals surface area contributed by atoms with Gasteiger partial charge in [-0.3, -0.25) is 4.79 Å². The van der Waals surface area contributed by atoms with Gasteiger partial charge < -0.3 is 9.67 Å². The maximum absolute atomic E-state index is 10.8. The Kier molecular flexibility index (Phi) is 5.98. The van der Waals surface area contributed by atoms with Crippen LogP contribution in [0.25, 0.3) is 0 Å². The lowest BCUT2D eigenvalue weighted by Gasteiger charge is -2.31. The molecule has 118 valence electrons. The summed E-state index contributed by atoms with van der Waals surface area (Å²) in [4.78, 5) is 10.8. The van der Waals surface area contributed by atoms with Crippen molar-refractivity contribution < 1.29 is 9.90 Å². The van der Waals surface area contributed by atoms with Crippen LogP contribution in [-0.4, -0.2) is 43.1 Å². The Hall–Kier alpha value is -0.690. The van der Waals surface area contributed by atoms with E-state index in [1.165, 1.54) is 24.6 Å². The first-order valence-electron chi connectivity index (χ1n) is 7.35. The van der Waals surface area contributed by atoms with Crippen LogP contribution in [-0.2, 0) is 4.79 Å². The standard InChI is InChI=1S/C14H23N3O2S2/c1-9(2)13-15-16-14(21-8-12(18)19)17(13)10-5-4-6-11(7-10)20-3/h9-11H,4-8H2,1-3H3,(H,18,19). The molecule has 1 aromatic rings. The Bertz CT molecular complexity index is 491. The highest BCUT2D eigenvalue weighted by molar-refractivity contribution is 7.99. The van der Waals surface area contributed by atoms with E-state index < -0.39 is 5.97 Å². The fourth-order valence-corrected chi connectivity index (χ4v) is 4.37. The third kappa shape index (κ3) is 4.16. The van der Waals surface area contributed by atoms with Crippen molar-refractivity contribution in [2.24, 2.45) is 0 Å². The van der Waals surface area contributed by atoms with Gasteiger partial charge in [0.25, 0.3) is 0 Å². The summed E-state index contributed by atoms with van der Waals surface area (Å²) < 4.78 is 2.21. The van der Waals surface area contributed by atoms with Crippen LogP contribution < -0.4 is 0 Å². The van der Waals surface area contributed by atoms with Crippen molar-refractivity contribution in [3.8, 4) is 0 Å². The lowest BCUT2D eigenvalue weighted by molar-refractivity contribution is -0.133. The molecule has 1 N–H and O–H groups in total. The number of hydrogen-bond donors (Lipinski definition) is 1. The minimum Gasteiger partial charge on any atom is -0.481 e. The van der Waals surface area contributed by atoms with E-state index in [-0.39, 0.29) is 5.75 Å². The first kappa shape index (κ1) is 16.7. The molecular weight excluding hydrogens is 306 g/mol. The van der Waals surface area contributed by atoms with Crippen molar-refractivity contribution in [2.45, 2.75) is 61.9 Å². The smallest absolute Gasteiger partial charge is 0.313 e. The summed E-state index contributed by atoms with van der Waals surface area (Å²) in [6.45, 7) is 4.22. The van der Waals surface area contributed by atoms with Crippen molar-refractivity contribution in [1.29, 1.82) is 0 Å². The molecule has 2 rings (SSSR count). The second-order valence-electron chi connectivity index (χ2n) is 5.73. The Morgan fingerprint density at radius 2 is 2.19 bits per heavy atom. The number of carboxylic acid groups (broad SMARTS) is 1. The fourth-order valence-electron chi connectivity index (χ4n) is 2.82. The number of hydrogen-bond acceptors (Lipinski definition) is 5. The first-order chi connectivity index (χ1) is 10.0. The van der Waals surface area contributed by atoms with Crippen molar-refractivity contribution in [2.75, 3.05) is 12.0 Å². The van der Waals surface area contributed by atoms with E-state index in [0.29, 0.717) is 17.2 Å². The van der Waals surface area contributed by atoms with Crippen molar-refractivity contribution in [3.05, 3.63) is 5.82 Å². The summed E-state index contributed by atoms with van der Waals surface area (Å²) in [5.74, 6) is 0.502. The first-order valence-corrected chi connectivity index (χ1v) is 9.62. The molecule has 5 nitrogen and oxygen atoms in total. The topological polar surface area (TPSA) is 68.0 Å². The molecule has 2 unspecified atom stereocenters. The molecule has 1 aliphatic carbocycles. The number of carboxylic acids is 1. The Balaban J connectivity index is 2.25. The molecule has 1 fully saturated rings. The summed E-state index contributed by atoms with van der Waals surface area (Å²) in [7, 11) is 0. The van der Waals surface area contributed by atoms with Gasteiger partial charge in [-0.2, -0.15) is 11.8 Å². The zero-order valence-corrected chi connectivity index (χ0v) is 14.4. The molecule has 0 aromatic carbocycles. The summed E-state index contributed by atoms with van der Waals surface area (Å²) in [5.41, 5.74) is 0. The number of rotatable bonds is 6. The van der Waals surface area contributed by atoms with E-state index in [1.54, 1.807) is 0 Å². The van der Waals surface area contributed by atoms with Gasteiger partial charge in [0, 0.05) is 17.2 Å².